The molecule has 3 rings (SSSR count). The van der Waals surface area contributed by atoms with E-state index in [2.05, 4.69) is 5.32 Å². The average molecular weight is 356 g/mol. The quantitative estimate of drug-likeness (QED) is 0.805. The molecular weight excluding hydrogens is 335 g/mol. The number of aryl methyl sites for hydroxylation is 1. The number of amides is 2. The number of rotatable bonds is 5. The van der Waals surface area contributed by atoms with Crippen molar-refractivity contribution in [2.75, 3.05) is 18.0 Å². The Morgan fingerprint density at radius 1 is 1.27 bits per heavy atom. The van der Waals surface area contributed by atoms with Gasteiger partial charge in [0.25, 0.3) is 11.8 Å². The van der Waals surface area contributed by atoms with E-state index in [-0.39, 0.29) is 25.3 Å². The maximum atomic E-state index is 13.4. The van der Waals surface area contributed by atoms with Crippen molar-refractivity contribution in [3.63, 3.8) is 0 Å². The van der Waals surface area contributed by atoms with E-state index < -0.39 is 17.4 Å². The predicted octanol–water partition coefficient (Wildman–Crippen LogP) is 1.96. The van der Waals surface area contributed by atoms with Gasteiger partial charge in [0.15, 0.2) is 0 Å². The lowest BCUT2D eigenvalue weighted by atomic mass is 10.0. The molecule has 5 nitrogen and oxygen atoms in total. The Morgan fingerprint density at radius 2 is 2.00 bits per heavy atom. The van der Waals surface area contributed by atoms with Gasteiger partial charge < -0.3 is 15.3 Å². The summed E-state index contributed by atoms with van der Waals surface area (Å²) in [6.45, 7) is 2.28. The molecule has 2 N–H and O–H groups in total. The number of carbonyl (C=O) groups is 2. The Labute approximate surface area is 151 Å². The van der Waals surface area contributed by atoms with Crippen LogP contribution in [0, 0.1) is 12.7 Å². The Kier molecular flexibility index (Phi) is 5.04. The molecule has 6 heteroatoms. The zero-order valence-corrected chi connectivity index (χ0v) is 14.5. The van der Waals surface area contributed by atoms with E-state index in [0.29, 0.717) is 12.1 Å². The van der Waals surface area contributed by atoms with E-state index in [1.807, 2.05) is 12.1 Å². The summed E-state index contributed by atoms with van der Waals surface area (Å²) < 4.78 is 13.4. The second kappa shape index (κ2) is 7.25. The third-order valence-electron chi connectivity index (χ3n) is 4.54. The topological polar surface area (TPSA) is 69.6 Å². The minimum atomic E-state index is -2.06. The Morgan fingerprint density at radius 3 is 2.69 bits per heavy atom. The maximum Gasteiger partial charge on any atom is 0.268 e. The highest BCUT2D eigenvalue weighted by atomic mass is 19.1. The molecule has 2 aromatic rings. The van der Waals surface area contributed by atoms with Gasteiger partial charge in [0, 0.05) is 25.2 Å². The maximum absolute atomic E-state index is 13.4. The van der Waals surface area contributed by atoms with Crippen LogP contribution >= 0.6 is 0 Å². The molecule has 1 saturated heterocycles. The molecule has 0 saturated carbocycles. The van der Waals surface area contributed by atoms with Crippen molar-refractivity contribution in [2.45, 2.75) is 25.4 Å². The molecule has 2 amide bonds. The fourth-order valence-corrected chi connectivity index (χ4v) is 3.19. The first-order valence-electron chi connectivity index (χ1n) is 8.54. The molecule has 26 heavy (non-hydrogen) atoms. The molecule has 0 aliphatic carbocycles. The van der Waals surface area contributed by atoms with Crippen LogP contribution < -0.4 is 10.2 Å². The minimum absolute atomic E-state index is 0.0334. The number of nitrogens with one attached hydrogen (secondary N) is 1. The number of benzene rings is 2. The van der Waals surface area contributed by atoms with Crippen molar-refractivity contribution < 1.29 is 19.1 Å². The van der Waals surface area contributed by atoms with Gasteiger partial charge in [-0.05, 0) is 48.7 Å². The average Bonchev–Trinajstić information content (AvgIpc) is 2.91. The van der Waals surface area contributed by atoms with Gasteiger partial charge in [0.2, 0.25) is 5.60 Å². The van der Waals surface area contributed by atoms with Crippen molar-refractivity contribution >= 4 is 17.5 Å². The van der Waals surface area contributed by atoms with Crippen molar-refractivity contribution in [2.24, 2.45) is 0 Å². The number of halogens is 1. The third kappa shape index (κ3) is 3.60. The molecule has 2 aromatic carbocycles. The number of hydrogen-bond donors (Lipinski definition) is 2. The largest absolute Gasteiger partial charge is 0.372 e. The summed E-state index contributed by atoms with van der Waals surface area (Å²) in [5, 5.41) is 13.2. The molecule has 136 valence electrons. The van der Waals surface area contributed by atoms with Crippen LogP contribution in [0.15, 0.2) is 48.5 Å². The molecule has 1 fully saturated rings. The first-order chi connectivity index (χ1) is 12.4. The smallest absolute Gasteiger partial charge is 0.268 e. The summed E-state index contributed by atoms with van der Waals surface area (Å²) in [6.07, 6.45) is 0.447. The van der Waals surface area contributed by atoms with Gasteiger partial charge in [-0.15, -0.1) is 0 Å². The van der Waals surface area contributed by atoms with Crippen molar-refractivity contribution in [1.82, 2.24) is 5.32 Å². The van der Waals surface area contributed by atoms with Crippen molar-refractivity contribution in [3.8, 4) is 0 Å². The number of carbonyl (C=O) groups excluding carboxylic acids is 2. The first kappa shape index (κ1) is 18.1. The van der Waals surface area contributed by atoms with Crippen LogP contribution in [0.5, 0.6) is 0 Å². The van der Waals surface area contributed by atoms with E-state index in [0.717, 1.165) is 11.1 Å². The number of nitrogens with zero attached hydrogens (tertiary/aromatic N) is 1. The monoisotopic (exact) mass is 356 g/mol. The summed E-state index contributed by atoms with van der Waals surface area (Å²) in [5.74, 6) is -1.66. The first-order valence-corrected chi connectivity index (χ1v) is 8.54. The number of para-hydroxylation sites is 1. The highest BCUT2D eigenvalue weighted by Gasteiger charge is 2.51. The van der Waals surface area contributed by atoms with E-state index >= 15 is 0 Å². The third-order valence-corrected chi connectivity index (χ3v) is 4.54. The van der Waals surface area contributed by atoms with E-state index in [1.54, 1.807) is 31.2 Å². The molecule has 1 aliphatic heterocycles. The van der Waals surface area contributed by atoms with Gasteiger partial charge in [-0.25, -0.2) is 4.39 Å². The molecule has 0 unspecified atom stereocenters. The van der Waals surface area contributed by atoms with Gasteiger partial charge >= 0.3 is 0 Å². The van der Waals surface area contributed by atoms with Crippen LogP contribution in [0.4, 0.5) is 10.1 Å². The van der Waals surface area contributed by atoms with E-state index in [4.69, 9.17) is 0 Å². The van der Waals surface area contributed by atoms with Crippen molar-refractivity contribution in [3.05, 3.63) is 65.5 Å². The summed E-state index contributed by atoms with van der Waals surface area (Å²) in [6, 6.07) is 13.6. The van der Waals surface area contributed by atoms with Crippen LogP contribution in [-0.4, -0.2) is 35.6 Å². The van der Waals surface area contributed by atoms with Crippen LogP contribution in [-0.2, 0) is 16.0 Å². The second-order valence-electron chi connectivity index (χ2n) is 6.55. The lowest BCUT2D eigenvalue weighted by Crippen LogP contribution is -2.52. The highest BCUT2D eigenvalue weighted by molar-refractivity contribution is 6.16. The van der Waals surface area contributed by atoms with Gasteiger partial charge in [-0.3, -0.25) is 9.59 Å². The van der Waals surface area contributed by atoms with Gasteiger partial charge in [0.05, 0.1) is 0 Å². The fourth-order valence-electron chi connectivity index (χ4n) is 3.19. The zero-order valence-electron chi connectivity index (χ0n) is 14.5. The van der Waals surface area contributed by atoms with E-state index in [9.17, 15) is 19.1 Å². The Bertz CT molecular complexity index is 805. The number of hydrogen-bond acceptors (Lipinski definition) is 3. The van der Waals surface area contributed by atoms with Crippen LogP contribution in [0.3, 0.4) is 0 Å². The van der Waals surface area contributed by atoms with Gasteiger partial charge in [-0.1, -0.05) is 24.3 Å². The Hall–Kier alpha value is -2.73. The van der Waals surface area contributed by atoms with E-state index in [1.165, 1.54) is 17.0 Å². The molecule has 0 bridgehead atoms. The number of anilines is 1. The summed E-state index contributed by atoms with van der Waals surface area (Å²) >= 11 is 0. The normalized spacial score (nSPS) is 19.7. The lowest BCUT2D eigenvalue weighted by molar-refractivity contribution is -0.149. The molecule has 1 aliphatic rings. The second-order valence-corrected chi connectivity index (χ2v) is 6.55. The molecule has 0 radical (unpaired) electrons. The Balaban J connectivity index is 1.61. The molecule has 0 spiro atoms. The molecule has 1 atom stereocenters. The van der Waals surface area contributed by atoms with Crippen molar-refractivity contribution in [1.29, 1.82) is 0 Å². The fraction of sp³-hybridized carbons (Fsp3) is 0.300. The van der Waals surface area contributed by atoms with Crippen LogP contribution in [0.2, 0.25) is 0 Å². The van der Waals surface area contributed by atoms with Gasteiger partial charge in [-0.2, -0.15) is 0 Å². The summed E-state index contributed by atoms with van der Waals surface area (Å²) in [7, 11) is 0. The van der Waals surface area contributed by atoms with Gasteiger partial charge in [0.1, 0.15) is 5.82 Å². The summed E-state index contributed by atoms with van der Waals surface area (Å²) in [5.41, 5.74) is 0.137. The number of aliphatic hydroxyl groups is 1. The standard InChI is InChI=1S/C20H21FN2O3/c1-14-11-15(13-16(21)12-14)7-9-22-18(24)20(26)8-10-23(19(20)25)17-5-3-2-4-6-17/h2-6,11-13,26H,7-10H2,1H3,(H,22,24)/t20-/m0/s1. The molecule has 1 heterocycles. The predicted molar refractivity (Wildman–Crippen MR) is 96.2 cm³/mol. The summed E-state index contributed by atoms with van der Waals surface area (Å²) in [4.78, 5) is 26.4. The molecular formula is C20H21FN2O3. The van der Waals surface area contributed by atoms with Crippen LogP contribution in [0.25, 0.3) is 0 Å². The van der Waals surface area contributed by atoms with Crippen LogP contribution in [0.1, 0.15) is 17.5 Å². The SMILES string of the molecule is Cc1cc(F)cc(CCNC(=O)[C@@]2(O)CCN(c3ccccc3)C2=O)c1. The highest BCUT2D eigenvalue weighted by Crippen LogP contribution is 2.28. The lowest BCUT2D eigenvalue weighted by Gasteiger charge is -2.21. The minimum Gasteiger partial charge on any atom is -0.372 e. The zero-order chi connectivity index (χ0) is 18.7. The molecule has 0 aromatic heterocycles.